The van der Waals surface area contributed by atoms with Crippen LogP contribution < -0.4 is 0 Å². The third-order valence-electron chi connectivity index (χ3n) is 9.54. The molecule has 192 valence electrons. The fraction of sp³-hybridized carbons (Fsp3) is 0.556. The zero-order valence-electron chi connectivity index (χ0n) is 20.3. The molecule has 0 bridgehead atoms. The summed E-state index contributed by atoms with van der Waals surface area (Å²) in [4.78, 5) is 50.8. The van der Waals surface area contributed by atoms with Crippen molar-refractivity contribution >= 4 is 46.5 Å². The molecule has 0 aromatic carbocycles. The highest BCUT2D eigenvalue weighted by atomic mass is 35.5. The fourth-order valence-electron chi connectivity index (χ4n) is 7.92. The molecular formula is C27H28Cl2O7. The molecular weight excluding hydrogens is 507 g/mol. The first kappa shape index (κ1) is 25.4. The highest BCUT2D eigenvalue weighted by Gasteiger charge is 2.77. The van der Waals surface area contributed by atoms with Gasteiger partial charge in [0.25, 0.3) is 0 Å². The number of aliphatic hydroxyl groups excluding tert-OH is 1. The molecule has 1 N–H and O–H groups in total. The molecule has 7 nitrogen and oxygen atoms in total. The largest absolute Gasteiger partial charge is 0.457 e. The van der Waals surface area contributed by atoms with Crippen LogP contribution in [0.2, 0.25) is 0 Å². The number of allylic oxidation sites excluding steroid dienone is 4. The van der Waals surface area contributed by atoms with E-state index in [2.05, 4.69) is 0 Å². The van der Waals surface area contributed by atoms with Crippen molar-refractivity contribution in [2.45, 2.75) is 56.6 Å². The Kier molecular flexibility index (Phi) is 5.75. The van der Waals surface area contributed by atoms with Crippen LogP contribution in [0.4, 0.5) is 0 Å². The van der Waals surface area contributed by atoms with Crippen molar-refractivity contribution in [3.05, 3.63) is 48.0 Å². The molecule has 1 aromatic rings. The quantitative estimate of drug-likeness (QED) is 0.458. The Morgan fingerprint density at radius 3 is 2.61 bits per heavy atom. The minimum absolute atomic E-state index is 0.00730. The summed E-state index contributed by atoms with van der Waals surface area (Å²) in [5.41, 5.74) is -3.50. The smallest absolute Gasteiger partial charge is 0.375 e. The Morgan fingerprint density at radius 1 is 1.25 bits per heavy atom. The van der Waals surface area contributed by atoms with E-state index in [0.717, 1.165) is 0 Å². The van der Waals surface area contributed by atoms with Gasteiger partial charge in [-0.05, 0) is 49.0 Å². The summed E-state index contributed by atoms with van der Waals surface area (Å²) in [7, 11) is 0. The van der Waals surface area contributed by atoms with E-state index in [9.17, 15) is 24.3 Å². The summed E-state index contributed by atoms with van der Waals surface area (Å²) < 4.78 is 11.2. The Hall–Kier alpha value is -2.22. The van der Waals surface area contributed by atoms with Gasteiger partial charge in [-0.1, -0.05) is 26.8 Å². The van der Waals surface area contributed by atoms with E-state index in [0.29, 0.717) is 12.0 Å². The summed E-state index contributed by atoms with van der Waals surface area (Å²) in [6.07, 6.45) is 4.95. The number of halogens is 2. The van der Waals surface area contributed by atoms with Crippen LogP contribution in [-0.2, 0) is 19.1 Å². The van der Waals surface area contributed by atoms with Crippen LogP contribution in [0.15, 0.2) is 46.6 Å². The number of carbonyl (C=O) groups is 4. The predicted octanol–water partition coefficient (Wildman–Crippen LogP) is 4.05. The van der Waals surface area contributed by atoms with Crippen LogP contribution in [0.25, 0.3) is 0 Å². The summed E-state index contributed by atoms with van der Waals surface area (Å²) in [5.74, 6) is -3.57. The fourth-order valence-corrected chi connectivity index (χ4v) is 8.59. The summed E-state index contributed by atoms with van der Waals surface area (Å²) in [6, 6.07) is 2.99. The second-order valence-corrected chi connectivity index (χ2v) is 11.9. The van der Waals surface area contributed by atoms with Crippen molar-refractivity contribution in [1.29, 1.82) is 0 Å². The van der Waals surface area contributed by atoms with Gasteiger partial charge in [0.05, 0.1) is 23.1 Å². The van der Waals surface area contributed by atoms with Gasteiger partial charge in [0.15, 0.2) is 23.0 Å². The number of aliphatic hydroxyl groups is 1. The molecule has 0 saturated heterocycles. The lowest BCUT2D eigenvalue weighted by Crippen LogP contribution is -2.70. The molecule has 0 amide bonds. The monoisotopic (exact) mass is 534 g/mol. The van der Waals surface area contributed by atoms with Crippen molar-refractivity contribution in [3.63, 3.8) is 0 Å². The first-order chi connectivity index (χ1) is 16.9. The molecule has 0 radical (unpaired) electrons. The molecule has 1 aromatic heterocycles. The van der Waals surface area contributed by atoms with E-state index in [1.807, 2.05) is 13.8 Å². The predicted molar refractivity (Wildman–Crippen MR) is 131 cm³/mol. The van der Waals surface area contributed by atoms with E-state index in [-0.39, 0.29) is 42.0 Å². The summed E-state index contributed by atoms with van der Waals surface area (Å²) in [6.45, 7) is 5.42. The van der Waals surface area contributed by atoms with Gasteiger partial charge in [0.2, 0.25) is 5.76 Å². The Morgan fingerprint density at radius 2 is 1.97 bits per heavy atom. The number of esters is 1. The third kappa shape index (κ3) is 2.96. The van der Waals surface area contributed by atoms with Crippen molar-refractivity contribution in [2.75, 3.05) is 5.88 Å². The standard InChI is InChI=1S/C27H28Cl2O7/c1-14-9-16-17-11-19(31)18-10-15(30)6-7-24(18,2)26(17,29)21(32)12-25(16,3)27(14,22(33)13-28)36-23(34)20-5-4-8-35-20/h4-8,10,14,16-17,21,32H,9,11-13H2,1-3H3. The average Bonchev–Trinajstić information content (AvgIpc) is 3.44. The zero-order chi connectivity index (χ0) is 26.3. The number of rotatable bonds is 4. The Bertz CT molecular complexity index is 1220. The lowest BCUT2D eigenvalue weighted by molar-refractivity contribution is -0.177. The van der Waals surface area contributed by atoms with E-state index >= 15 is 0 Å². The summed E-state index contributed by atoms with van der Waals surface area (Å²) in [5, 5.41) is 11.7. The normalized spacial score (nSPS) is 43.3. The van der Waals surface area contributed by atoms with Gasteiger partial charge in [-0.2, -0.15) is 0 Å². The van der Waals surface area contributed by atoms with Crippen molar-refractivity contribution in [1.82, 2.24) is 0 Å². The molecule has 4 aliphatic rings. The number of fused-ring (bicyclic) bond motifs is 5. The molecule has 9 heteroatoms. The molecule has 4 aliphatic carbocycles. The van der Waals surface area contributed by atoms with Gasteiger partial charge in [0.1, 0.15) is 0 Å². The minimum atomic E-state index is -1.65. The first-order valence-electron chi connectivity index (χ1n) is 12.1. The summed E-state index contributed by atoms with van der Waals surface area (Å²) >= 11 is 13.5. The van der Waals surface area contributed by atoms with Crippen LogP contribution in [-0.4, -0.2) is 50.9 Å². The number of carbonyl (C=O) groups excluding carboxylic acids is 4. The SMILES string of the molecule is CC1CC2C3CC(=O)C4=CC(=O)C=CC4(C)C3(Cl)C(O)CC2(C)C1(OC(=O)c1ccco1)C(=O)CCl. The van der Waals surface area contributed by atoms with Crippen molar-refractivity contribution < 1.29 is 33.4 Å². The van der Waals surface area contributed by atoms with Crippen LogP contribution >= 0.6 is 23.2 Å². The van der Waals surface area contributed by atoms with Crippen molar-refractivity contribution in [2.24, 2.45) is 28.6 Å². The van der Waals surface area contributed by atoms with Gasteiger partial charge in [-0.15, -0.1) is 23.2 Å². The van der Waals surface area contributed by atoms with Gasteiger partial charge in [0, 0.05) is 28.7 Å². The number of furan rings is 1. The highest BCUT2D eigenvalue weighted by Crippen LogP contribution is 2.71. The van der Waals surface area contributed by atoms with Crippen molar-refractivity contribution in [3.8, 4) is 0 Å². The van der Waals surface area contributed by atoms with Gasteiger partial charge in [-0.25, -0.2) is 4.79 Å². The van der Waals surface area contributed by atoms with E-state index in [1.54, 1.807) is 19.1 Å². The average molecular weight is 535 g/mol. The van der Waals surface area contributed by atoms with Gasteiger partial charge >= 0.3 is 5.97 Å². The minimum Gasteiger partial charge on any atom is -0.457 e. The van der Waals surface area contributed by atoms with Gasteiger partial charge in [-0.3, -0.25) is 14.4 Å². The lowest BCUT2D eigenvalue weighted by Gasteiger charge is -2.63. The lowest BCUT2D eigenvalue weighted by atomic mass is 9.45. The maximum absolute atomic E-state index is 13.6. The second-order valence-electron chi connectivity index (χ2n) is 11.0. The maximum Gasteiger partial charge on any atom is 0.375 e. The molecule has 36 heavy (non-hydrogen) atoms. The molecule has 1 heterocycles. The molecule has 8 atom stereocenters. The topological polar surface area (TPSA) is 111 Å². The maximum atomic E-state index is 13.6. The number of ketones is 3. The third-order valence-corrected chi connectivity index (χ3v) is 10.7. The van der Waals surface area contributed by atoms with E-state index in [1.165, 1.54) is 24.5 Å². The van der Waals surface area contributed by atoms with Crippen LogP contribution in [0, 0.1) is 28.6 Å². The highest BCUT2D eigenvalue weighted by molar-refractivity contribution is 6.29. The second kappa shape index (κ2) is 8.14. The molecule has 3 saturated carbocycles. The Balaban J connectivity index is 1.64. The van der Waals surface area contributed by atoms with Crippen LogP contribution in [0.1, 0.15) is 50.6 Å². The number of Topliss-reactive ketones (excluding diaryl/α,β-unsaturated/α-hetero) is 2. The van der Waals surface area contributed by atoms with Gasteiger partial charge < -0.3 is 14.3 Å². The van der Waals surface area contributed by atoms with E-state index < -0.39 is 51.0 Å². The molecule has 5 rings (SSSR count). The Labute approximate surface area is 218 Å². The number of ether oxygens (including phenoxy) is 1. The van der Waals surface area contributed by atoms with Crippen LogP contribution in [0.5, 0.6) is 0 Å². The number of hydrogen-bond donors (Lipinski definition) is 1. The zero-order valence-corrected chi connectivity index (χ0v) is 21.8. The van der Waals surface area contributed by atoms with Crippen LogP contribution in [0.3, 0.4) is 0 Å². The van der Waals surface area contributed by atoms with E-state index in [4.69, 9.17) is 32.4 Å². The molecule has 3 fully saturated rings. The first-order valence-corrected chi connectivity index (χ1v) is 13.0. The molecule has 8 unspecified atom stereocenters. The number of alkyl halides is 2. The molecule has 0 aliphatic heterocycles. The number of hydrogen-bond acceptors (Lipinski definition) is 7. The molecule has 0 spiro atoms.